The minimum Gasteiger partial charge on any atom is -0.469 e. The van der Waals surface area contributed by atoms with Crippen molar-refractivity contribution >= 4 is 5.97 Å². The second kappa shape index (κ2) is 4.29. The van der Waals surface area contributed by atoms with E-state index in [1.54, 1.807) is 0 Å². The van der Waals surface area contributed by atoms with Crippen LogP contribution in [0.2, 0.25) is 0 Å². The fourth-order valence-corrected chi connectivity index (χ4v) is 1.65. The normalized spacial score (nSPS) is 25.0. The van der Waals surface area contributed by atoms with E-state index in [4.69, 9.17) is 4.74 Å². The van der Waals surface area contributed by atoms with Crippen molar-refractivity contribution in [1.82, 2.24) is 0 Å². The smallest absolute Gasteiger partial charge is 0.308 e. The molecule has 12 heavy (non-hydrogen) atoms. The maximum absolute atomic E-state index is 11.2. The average molecular weight is 168 g/mol. The lowest BCUT2D eigenvalue weighted by Gasteiger charge is -2.22. The lowest BCUT2D eigenvalue weighted by Crippen LogP contribution is -2.22. The van der Waals surface area contributed by atoms with Gasteiger partial charge < -0.3 is 4.74 Å². The Kier molecular flexibility index (Phi) is 3.32. The zero-order chi connectivity index (χ0) is 8.97. The van der Waals surface area contributed by atoms with Crippen molar-refractivity contribution in [3.05, 3.63) is 12.2 Å². The van der Waals surface area contributed by atoms with Crippen LogP contribution in [-0.4, -0.2) is 13.1 Å². The molecule has 0 amide bonds. The van der Waals surface area contributed by atoms with Crippen molar-refractivity contribution < 1.29 is 9.53 Å². The van der Waals surface area contributed by atoms with E-state index in [9.17, 15) is 4.79 Å². The fourth-order valence-electron chi connectivity index (χ4n) is 1.65. The molecule has 2 heteroatoms. The molecular formula is C10H16O2. The second-order valence-electron chi connectivity index (χ2n) is 3.36. The number of methoxy groups -OCH3 is 1. The van der Waals surface area contributed by atoms with Crippen LogP contribution in [0.15, 0.2) is 12.2 Å². The molecule has 2 nitrogen and oxygen atoms in total. The van der Waals surface area contributed by atoms with Crippen molar-refractivity contribution in [2.75, 3.05) is 7.11 Å². The molecule has 0 aromatic heterocycles. The number of hydrogen-bond donors (Lipinski definition) is 0. The molecule has 1 aliphatic carbocycles. The lowest BCUT2D eigenvalue weighted by atomic mass is 9.84. The van der Waals surface area contributed by atoms with Crippen LogP contribution in [0.4, 0.5) is 0 Å². The molecule has 1 rings (SSSR count). The molecule has 0 spiro atoms. The van der Waals surface area contributed by atoms with Crippen LogP contribution < -0.4 is 0 Å². The first-order valence-corrected chi connectivity index (χ1v) is 4.48. The number of carbonyl (C=O) groups is 1. The van der Waals surface area contributed by atoms with Crippen LogP contribution in [0, 0.1) is 11.8 Å². The summed E-state index contributed by atoms with van der Waals surface area (Å²) in [6, 6.07) is 0. The van der Waals surface area contributed by atoms with Crippen LogP contribution in [0.25, 0.3) is 0 Å². The molecule has 0 N–H and O–H groups in total. The van der Waals surface area contributed by atoms with Crippen molar-refractivity contribution in [3.8, 4) is 0 Å². The summed E-state index contributed by atoms with van der Waals surface area (Å²) in [4.78, 5) is 11.2. The first kappa shape index (κ1) is 9.30. The zero-order valence-electron chi connectivity index (χ0n) is 7.75. The Hall–Kier alpha value is -0.790. The highest BCUT2D eigenvalue weighted by atomic mass is 16.5. The van der Waals surface area contributed by atoms with Gasteiger partial charge in [0.2, 0.25) is 0 Å². The monoisotopic (exact) mass is 168 g/mol. The van der Waals surface area contributed by atoms with Gasteiger partial charge in [-0.15, -0.1) is 0 Å². The van der Waals surface area contributed by atoms with Gasteiger partial charge in [-0.05, 0) is 25.2 Å². The van der Waals surface area contributed by atoms with Gasteiger partial charge in [0.05, 0.1) is 13.0 Å². The summed E-state index contributed by atoms with van der Waals surface area (Å²) in [5.41, 5.74) is 0. The summed E-state index contributed by atoms with van der Waals surface area (Å²) in [5.74, 6) is 0.470. The number of hydrogen-bond acceptors (Lipinski definition) is 2. The van der Waals surface area contributed by atoms with Gasteiger partial charge in [-0.25, -0.2) is 0 Å². The van der Waals surface area contributed by atoms with E-state index in [-0.39, 0.29) is 11.9 Å². The molecule has 0 fully saturated rings. The van der Waals surface area contributed by atoms with Crippen molar-refractivity contribution in [2.45, 2.75) is 26.2 Å². The summed E-state index contributed by atoms with van der Waals surface area (Å²) in [6.07, 6.45) is 7.59. The third kappa shape index (κ3) is 2.10. The molecule has 0 aromatic carbocycles. The Balaban J connectivity index is 2.46. The van der Waals surface area contributed by atoms with Gasteiger partial charge in [-0.1, -0.05) is 19.1 Å². The summed E-state index contributed by atoms with van der Waals surface area (Å²) in [7, 11) is 1.46. The topological polar surface area (TPSA) is 26.3 Å². The molecule has 0 aromatic rings. The van der Waals surface area contributed by atoms with E-state index in [0.717, 1.165) is 19.3 Å². The Morgan fingerprint density at radius 3 is 2.83 bits per heavy atom. The van der Waals surface area contributed by atoms with E-state index in [1.807, 2.05) is 6.92 Å². The molecule has 0 saturated heterocycles. The predicted molar refractivity (Wildman–Crippen MR) is 47.7 cm³/mol. The summed E-state index contributed by atoms with van der Waals surface area (Å²) in [5, 5.41) is 0. The summed E-state index contributed by atoms with van der Waals surface area (Å²) in [6.45, 7) is 1.95. The standard InChI is InChI=1S/C10H16O2/c1-8(10(11)12-2)9-6-4-3-5-7-9/h3-4,8-9H,5-7H2,1-2H3. The molecule has 2 atom stereocenters. The van der Waals surface area contributed by atoms with E-state index < -0.39 is 0 Å². The second-order valence-corrected chi connectivity index (χ2v) is 3.36. The van der Waals surface area contributed by atoms with Crippen LogP contribution >= 0.6 is 0 Å². The van der Waals surface area contributed by atoms with Crippen LogP contribution in [0.5, 0.6) is 0 Å². The Labute approximate surface area is 73.6 Å². The van der Waals surface area contributed by atoms with Crippen molar-refractivity contribution in [2.24, 2.45) is 11.8 Å². The number of allylic oxidation sites excluding steroid dienone is 2. The van der Waals surface area contributed by atoms with Gasteiger partial charge in [-0.2, -0.15) is 0 Å². The Bertz CT molecular complexity index is 184. The first-order chi connectivity index (χ1) is 5.75. The van der Waals surface area contributed by atoms with E-state index in [0.29, 0.717) is 5.92 Å². The van der Waals surface area contributed by atoms with Gasteiger partial charge in [0.1, 0.15) is 0 Å². The van der Waals surface area contributed by atoms with Gasteiger partial charge in [0.25, 0.3) is 0 Å². The quantitative estimate of drug-likeness (QED) is 0.466. The minimum atomic E-state index is -0.0738. The van der Waals surface area contributed by atoms with E-state index in [1.165, 1.54) is 7.11 Å². The third-order valence-electron chi connectivity index (χ3n) is 2.59. The maximum atomic E-state index is 11.2. The molecule has 0 heterocycles. The fraction of sp³-hybridized carbons (Fsp3) is 0.700. The molecule has 0 saturated carbocycles. The highest BCUT2D eigenvalue weighted by Gasteiger charge is 2.24. The van der Waals surface area contributed by atoms with Gasteiger partial charge in [-0.3, -0.25) is 4.79 Å². The molecule has 1 aliphatic rings. The van der Waals surface area contributed by atoms with E-state index >= 15 is 0 Å². The number of esters is 1. The minimum absolute atomic E-state index is 0.0555. The largest absolute Gasteiger partial charge is 0.469 e. The lowest BCUT2D eigenvalue weighted by molar-refractivity contribution is -0.146. The zero-order valence-corrected chi connectivity index (χ0v) is 7.75. The average Bonchev–Trinajstić information content (AvgIpc) is 2.17. The molecule has 0 radical (unpaired) electrons. The van der Waals surface area contributed by atoms with Crippen molar-refractivity contribution in [3.63, 3.8) is 0 Å². The highest BCUT2D eigenvalue weighted by Crippen LogP contribution is 2.26. The van der Waals surface area contributed by atoms with Crippen LogP contribution in [-0.2, 0) is 9.53 Å². The van der Waals surface area contributed by atoms with Gasteiger partial charge in [0.15, 0.2) is 0 Å². The maximum Gasteiger partial charge on any atom is 0.308 e. The van der Waals surface area contributed by atoms with Gasteiger partial charge in [0, 0.05) is 0 Å². The predicted octanol–water partition coefficient (Wildman–Crippen LogP) is 2.15. The van der Waals surface area contributed by atoms with Crippen LogP contribution in [0.1, 0.15) is 26.2 Å². The SMILES string of the molecule is COC(=O)C(C)C1CC=CCC1. The van der Waals surface area contributed by atoms with Gasteiger partial charge >= 0.3 is 5.97 Å². The highest BCUT2D eigenvalue weighted by molar-refractivity contribution is 5.72. The van der Waals surface area contributed by atoms with E-state index in [2.05, 4.69) is 12.2 Å². The number of carbonyl (C=O) groups excluding carboxylic acids is 1. The molecule has 0 bridgehead atoms. The first-order valence-electron chi connectivity index (χ1n) is 4.48. The Morgan fingerprint density at radius 2 is 2.33 bits per heavy atom. The number of rotatable bonds is 2. The molecular weight excluding hydrogens is 152 g/mol. The summed E-state index contributed by atoms with van der Waals surface area (Å²) < 4.78 is 4.70. The molecule has 2 unspecified atom stereocenters. The number of ether oxygens (including phenoxy) is 1. The molecule has 0 aliphatic heterocycles. The third-order valence-corrected chi connectivity index (χ3v) is 2.59. The van der Waals surface area contributed by atoms with Crippen LogP contribution in [0.3, 0.4) is 0 Å². The Morgan fingerprint density at radius 1 is 1.58 bits per heavy atom. The molecule has 68 valence electrons. The summed E-state index contributed by atoms with van der Waals surface area (Å²) >= 11 is 0. The van der Waals surface area contributed by atoms with Crippen molar-refractivity contribution in [1.29, 1.82) is 0 Å².